The van der Waals surface area contributed by atoms with Crippen molar-refractivity contribution >= 4 is 5.69 Å². The van der Waals surface area contributed by atoms with Gasteiger partial charge in [0.25, 0.3) is 0 Å². The zero-order valence-electron chi connectivity index (χ0n) is 15.2. The number of hydrogen-bond donors (Lipinski definition) is 1. The largest absolute Gasteiger partial charge is 0.399 e. The molecule has 0 amide bonds. The van der Waals surface area contributed by atoms with Crippen molar-refractivity contribution in [3.05, 3.63) is 77.1 Å². The van der Waals surface area contributed by atoms with Gasteiger partial charge in [-0.15, -0.1) is 0 Å². The zero-order valence-corrected chi connectivity index (χ0v) is 15.2. The van der Waals surface area contributed by atoms with Crippen LogP contribution in [-0.2, 0) is 25.9 Å². The minimum atomic E-state index is 0.759. The van der Waals surface area contributed by atoms with Crippen LogP contribution in [0.25, 0.3) is 11.4 Å². The molecule has 0 saturated carbocycles. The molecule has 0 unspecified atom stereocenters. The molecule has 2 N–H and O–H groups in total. The van der Waals surface area contributed by atoms with Gasteiger partial charge in [0.2, 0.25) is 0 Å². The summed E-state index contributed by atoms with van der Waals surface area (Å²) in [6, 6.07) is 16.5. The Labute approximate surface area is 154 Å². The van der Waals surface area contributed by atoms with Crippen molar-refractivity contribution in [1.29, 1.82) is 0 Å². The predicted molar refractivity (Wildman–Crippen MR) is 106 cm³/mol. The fourth-order valence-corrected chi connectivity index (χ4v) is 3.58. The Morgan fingerprint density at radius 2 is 1.81 bits per heavy atom. The van der Waals surface area contributed by atoms with E-state index in [4.69, 9.17) is 10.7 Å². The molecular weight excluding hydrogens is 320 g/mol. The highest BCUT2D eigenvalue weighted by Crippen LogP contribution is 2.23. The van der Waals surface area contributed by atoms with E-state index < -0.39 is 0 Å². The number of nitrogens with zero attached hydrogens (tertiary/aromatic N) is 3. The SMILES string of the molecule is CCc1ccccc1CN1CCc2nc(-c3ccc(N)cc3)ncc2C1. The number of aryl methyl sites for hydroxylation is 1. The van der Waals surface area contributed by atoms with Gasteiger partial charge in [0, 0.05) is 49.1 Å². The molecule has 1 aliphatic heterocycles. The maximum atomic E-state index is 5.77. The van der Waals surface area contributed by atoms with Gasteiger partial charge >= 0.3 is 0 Å². The third-order valence-electron chi connectivity index (χ3n) is 5.08. The topological polar surface area (TPSA) is 55.0 Å². The lowest BCUT2D eigenvalue weighted by Crippen LogP contribution is -2.31. The standard InChI is InChI=1S/C22H24N4/c1-2-16-5-3-4-6-18(16)14-26-12-11-21-19(15-26)13-24-22(25-21)17-7-9-20(23)10-8-17/h3-10,13H,2,11-12,14-15,23H2,1H3. The molecule has 0 saturated heterocycles. The van der Waals surface area contributed by atoms with Crippen LogP contribution >= 0.6 is 0 Å². The van der Waals surface area contributed by atoms with Crippen LogP contribution in [0, 0.1) is 0 Å². The Balaban J connectivity index is 1.52. The van der Waals surface area contributed by atoms with Crippen LogP contribution < -0.4 is 5.73 Å². The molecular formula is C22H24N4. The van der Waals surface area contributed by atoms with E-state index in [1.165, 1.54) is 22.4 Å². The van der Waals surface area contributed by atoms with Gasteiger partial charge < -0.3 is 5.73 Å². The first kappa shape index (κ1) is 16.7. The maximum Gasteiger partial charge on any atom is 0.159 e. The van der Waals surface area contributed by atoms with E-state index in [0.29, 0.717) is 0 Å². The van der Waals surface area contributed by atoms with Crippen LogP contribution in [0.5, 0.6) is 0 Å². The van der Waals surface area contributed by atoms with E-state index in [9.17, 15) is 0 Å². The molecule has 0 bridgehead atoms. The number of aromatic nitrogens is 2. The van der Waals surface area contributed by atoms with E-state index in [1.807, 2.05) is 30.5 Å². The second-order valence-electron chi connectivity index (χ2n) is 6.87. The summed E-state index contributed by atoms with van der Waals surface area (Å²) in [4.78, 5) is 11.9. The van der Waals surface area contributed by atoms with Gasteiger partial charge in [0.15, 0.2) is 5.82 Å². The summed E-state index contributed by atoms with van der Waals surface area (Å²) >= 11 is 0. The average Bonchev–Trinajstić information content (AvgIpc) is 2.68. The van der Waals surface area contributed by atoms with Crippen molar-refractivity contribution in [3.8, 4) is 11.4 Å². The fraction of sp³-hybridized carbons (Fsp3) is 0.273. The molecule has 1 aliphatic rings. The Morgan fingerprint density at radius 3 is 2.58 bits per heavy atom. The van der Waals surface area contributed by atoms with Crippen LogP contribution in [0.2, 0.25) is 0 Å². The van der Waals surface area contributed by atoms with Crippen molar-refractivity contribution in [2.75, 3.05) is 12.3 Å². The lowest BCUT2D eigenvalue weighted by atomic mass is 10.0. The molecule has 132 valence electrons. The number of nitrogen functional groups attached to an aromatic ring is 1. The van der Waals surface area contributed by atoms with Crippen molar-refractivity contribution in [2.45, 2.75) is 32.9 Å². The number of nitrogens with two attached hydrogens (primary N) is 1. The molecule has 0 spiro atoms. The predicted octanol–water partition coefficient (Wildman–Crippen LogP) is 3.85. The van der Waals surface area contributed by atoms with E-state index in [-0.39, 0.29) is 0 Å². The van der Waals surface area contributed by atoms with Crippen molar-refractivity contribution < 1.29 is 0 Å². The summed E-state index contributed by atoms with van der Waals surface area (Å²) in [5.41, 5.74) is 12.8. The lowest BCUT2D eigenvalue weighted by molar-refractivity contribution is 0.242. The highest BCUT2D eigenvalue weighted by molar-refractivity contribution is 5.58. The summed E-state index contributed by atoms with van der Waals surface area (Å²) in [5, 5.41) is 0. The van der Waals surface area contributed by atoms with Gasteiger partial charge in [-0.3, -0.25) is 4.90 Å². The molecule has 0 atom stereocenters. The molecule has 0 radical (unpaired) electrons. The smallest absolute Gasteiger partial charge is 0.159 e. The van der Waals surface area contributed by atoms with Gasteiger partial charge in [-0.25, -0.2) is 9.97 Å². The van der Waals surface area contributed by atoms with Crippen LogP contribution in [0.4, 0.5) is 5.69 Å². The summed E-state index contributed by atoms with van der Waals surface area (Å²) in [5.74, 6) is 0.786. The number of anilines is 1. The fourth-order valence-electron chi connectivity index (χ4n) is 3.58. The lowest BCUT2D eigenvalue weighted by Gasteiger charge is -2.28. The van der Waals surface area contributed by atoms with Crippen LogP contribution in [0.3, 0.4) is 0 Å². The van der Waals surface area contributed by atoms with Crippen molar-refractivity contribution in [2.24, 2.45) is 0 Å². The Hall–Kier alpha value is -2.72. The minimum Gasteiger partial charge on any atom is -0.399 e. The number of benzene rings is 2. The minimum absolute atomic E-state index is 0.759. The maximum absolute atomic E-state index is 5.77. The Kier molecular flexibility index (Phi) is 4.67. The average molecular weight is 344 g/mol. The quantitative estimate of drug-likeness (QED) is 0.731. The first-order valence-electron chi connectivity index (χ1n) is 9.23. The van der Waals surface area contributed by atoms with Crippen molar-refractivity contribution in [1.82, 2.24) is 14.9 Å². The molecule has 3 aromatic rings. The summed E-state index contributed by atoms with van der Waals surface area (Å²) < 4.78 is 0. The second-order valence-corrected chi connectivity index (χ2v) is 6.87. The molecule has 0 fully saturated rings. The van der Waals surface area contributed by atoms with Gasteiger partial charge in [0.05, 0.1) is 5.69 Å². The van der Waals surface area contributed by atoms with Gasteiger partial charge in [-0.2, -0.15) is 0 Å². The molecule has 2 aromatic carbocycles. The van der Waals surface area contributed by atoms with Gasteiger partial charge in [0.1, 0.15) is 0 Å². The third-order valence-corrected chi connectivity index (χ3v) is 5.08. The van der Waals surface area contributed by atoms with E-state index >= 15 is 0 Å². The van der Waals surface area contributed by atoms with Crippen molar-refractivity contribution in [3.63, 3.8) is 0 Å². The molecule has 26 heavy (non-hydrogen) atoms. The van der Waals surface area contributed by atoms with Crippen LogP contribution in [0.1, 0.15) is 29.3 Å². The highest BCUT2D eigenvalue weighted by atomic mass is 15.1. The molecule has 1 aromatic heterocycles. The van der Waals surface area contributed by atoms with Crippen LogP contribution in [0.15, 0.2) is 54.7 Å². The van der Waals surface area contributed by atoms with Crippen LogP contribution in [-0.4, -0.2) is 21.4 Å². The summed E-state index contributed by atoms with van der Waals surface area (Å²) in [6.07, 6.45) is 4.04. The number of rotatable bonds is 4. The van der Waals surface area contributed by atoms with E-state index in [1.54, 1.807) is 0 Å². The van der Waals surface area contributed by atoms with Gasteiger partial charge in [-0.05, 0) is 41.8 Å². The van der Waals surface area contributed by atoms with E-state index in [0.717, 1.165) is 49.6 Å². The number of fused-ring (bicyclic) bond motifs is 1. The first-order valence-corrected chi connectivity index (χ1v) is 9.23. The Morgan fingerprint density at radius 1 is 1.04 bits per heavy atom. The first-order chi connectivity index (χ1) is 12.7. The van der Waals surface area contributed by atoms with E-state index in [2.05, 4.69) is 41.1 Å². The summed E-state index contributed by atoms with van der Waals surface area (Å²) in [7, 11) is 0. The summed E-state index contributed by atoms with van der Waals surface area (Å²) in [6.45, 7) is 5.15. The molecule has 0 aliphatic carbocycles. The zero-order chi connectivity index (χ0) is 17.9. The molecule has 4 rings (SSSR count). The highest BCUT2D eigenvalue weighted by Gasteiger charge is 2.19. The monoisotopic (exact) mass is 344 g/mol. The normalized spacial score (nSPS) is 14.2. The molecule has 4 nitrogen and oxygen atoms in total. The van der Waals surface area contributed by atoms with Gasteiger partial charge in [-0.1, -0.05) is 31.2 Å². The molecule has 4 heteroatoms. The molecule has 2 heterocycles. The second kappa shape index (κ2) is 7.26. The third kappa shape index (κ3) is 3.46. The Bertz CT molecular complexity index is 902. The number of hydrogen-bond acceptors (Lipinski definition) is 4.